The molecule has 0 spiro atoms. The Hall–Kier alpha value is -0.570. The van der Waals surface area contributed by atoms with Gasteiger partial charge in [-0.3, -0.25) is 0 Å². The molecule has 0 aliphatic carbocycles. The van der Waals surface area contributed by atoms with Crippen molar-refractivity contribution < 1.29 is 8.42 Å². The molecule has 2 nitrogen and oxygen atoms in total. The molecule has 0 aromatic rings. The second-order valence-corrected chi connectivity index (χ2v) is 4.77. The average molecular weight is 158 g/mol. The molecule has 1 fully saturated rings. The van der Waals surface area contributed by atoms with Crippen LogP contribution in [0, 0.1) is 0 Å². The molecular formula is C7H10O2S. The molecule has 0 aromatic carbocycles. The maximum atomic E-state index is 10.9. The van der Waals surface area contributed by atoms with E-state index in [4.69, 9.17) is 0 Å². The van der Waals surface area contributed by atoms with Gasteiger partial charge < -0.3 is 0 Å². The first-order valence-corrected chi connectivity index (χ1v) is 4.85. The third-order valence-corrected chi connectivity index (χ3v) is 3.04. The lowest BCUT2D eigenvalue weighted by Crippen LogP contribution is -2.19. The molecule has 0 amide bonds. The Balaban J connectivity index is 2.89. The van der Waals surface area contributed by atoms with Crippen molar-refractivity contribution in [2.75, 3.05) is 11.5 Å². The predicted molar refractivity (Wildman–Crippen MR) is 41.6 cm³/mol. The molecule has 1 aliphatic rings. The van der Waals surface area contributed by atoms with E-state index in [1.54, 1.807) is 0 Å². The van der Waals surface area contributed by atoms with Gasteiger partial charge in [0.05, 0.1) is 11.5 Å². The lowest BCUT2D eigenvalue weighted by atomic mass is 10.1. The normalized spacial score (nSPS) is 24.8. The maximum Gasteiger partial charge on any atom is 0.157 e. The molecule has 10 heavy (non-hydrogen) atoms. The lowest BCUT2D eigenvalue weighted by molar-refractivity contribution is 0.597. The number of rotatable bonds is 0. The Morgan fingerprint density at radius 3 is 1.80 bits per heavy atom. The maximum absolute atomic E-state index is 10.9. The van der Waals surface area contributed by atoms with Gasteiger partial charge in [-0.05, 0) is 6.42 Å². The van der Waals surface area contributed by atoms with Gasteiger partial charge in [-0.2, -0.15) is 0 Å². The molecule has 1 aliphatic heterocycles. The highest BCUT2D eigenvalue weighted by Crippen LogP contribution is 2.18. The molecule has 56 valence electrons. The topological polar surface area (TPSA) is 34.1 Å². The van der Waals surface area contributed by atoms with E-state index in [-0.39, 0.29) is 11.5 Å². The van der Waals surface area contributed by atoms with Crippen LogP contribution in [-0.2, 0) is 9.84 Å². The van der Waals surface area contributed by atoms with Gasteiger partial charge in [0, 0.05) is 0 Å². The molecule has 0 radical (unpaired) electrons. The molecule has 0 unspecified atom stereocenters. The second-order valence-electron chi connectivity index (χ2n) is 2.71. The van der Waals surface area contributed by atoms with Crippen LogP contribution in [0.1, 0.15) is 6.42 Å². The van der Waals surface area contributed by atoms with Gasteiger partial charge in [0.2, 0.25) is 0 Å². The third-order valence-electron chi connectivity index (χ3n) is 1.35. The van der Waals surface area contributed by atoms with E-state index >= 15 is 0 Å². The van der Waals surface area contributed by atoms with Gasteiger partial charge in [0.25, 0.3) is 0 Å². The van der Waals surface area contributed by atoms with Crippen molar-refractivity contribution in [3.63, 3.8) is 0 Å². The quantitative estimate of drug-likeness (QED) is 0.491. The first-order valence-electron chi connectivity index (χ1n) is 3.03. The van der Waals surface area contributed by atoms with Gasteiger partial charge in [-0.1, -0.05) is 24.3 Å². The SMILES string of the molecule is C=C1CC(=C)CS(=O)(=O)C1. The number of sulfone groups is 1. The minimum atomic E-state index is -2.88. The largest absolute Gasteiger partial charge is 0.228 e. The van der Waals surface area contributed by atoms with Gasteiger partial charge in [-0.25, -0.2) is 8.42 Å². The molecule has 3 heteroatoms. The molecule has 0 aromatic heterocycles. The van der Waals surface area contributed by atoms with E-state index in [9.17, 15) is 8.42 Å². The summed E-state index contributed by atoms with van der Waals surface area (Å²) < 4.78 is 21.9. The van der Waals surface area contributed by atoms with Crippen LogP contribution >= 0.6 is 0 Å². The van der Waals surface area contributed by atoms with Crippen LogP contribution in [0.4, 0.5) is 0 Å². The van der Waals surface area contributed by atoms with Crippen molar-refractivity contribution in [2.24, 2.45) is 0 Å². The van der Waals surface area contributed by atoms with Crippen LogP contribution in [0.3, 0.4) is 0 Å². The number of hydrogen-bond donors (Lipinski definition) is 0. The van der Waals surface area contributed by atoms with Crippen LogP contribution in [0.15, 0.2) is 24.3 Å². The van der Waals surface area contributed by atoms with Crippen LogP contribution < -0.4 is 0 Å². The highest BCUT2D eigenvalue weighted by molar-refractivity contribution is 7.91. The van der Waals surface area contributed by atoms with Crippen molar-refractivity contribution in [1.82, 2.24) is 0 Å². The van der Waals surface area contributed by atoms with E-state index < -0.39 is 9.84 Å². The summed E-state index contributed by atoms with van der Waals surface area (Å²) in [4.78, 5) is 0. The summed E-state index contributed by atoms with van der Waals surface area (Å²) in [6.45, 7) is 7.24. The summed E-state index contributed by atoms with van der Waals surface area (Å²) >= 11 is 0. The highest BCUT2D eigenvalue weighted by atomic mass is 32.2. The first kappa shape index (κ1) is 7.54. The molecule has 0 atom stereocenters. The molecule has 0 N–H and O–H groups in total. The average Bonchev–Trinajstić information content (AvgIpc) is 1.54. The molecule has 0 bridgehead atoms. The standard InChI is InChI=1S/C7H10O2S/c1-6-3-7(2)5-10(8,9)4-6/h1-5H2. The first-order chi connectivity index (χ1) is 4.49. The zero-order chi connectivity index (χ0) is 7.78. The summed E-state index contributed by atoms with van der Waals surface area (Å²) in [5, 5.41) is 0. The fourth-order valence-electron chi connectivity index (χ4n) is 1.13. The zero-order valence-electron chi connectivity index (χ0n) is 5.76. The van der Waals surface area contributed by atoms with Crippen molar-refractivity contribution in [2.45, 2.75) is 6.42 Å². The molecule has 0 saturated carbocycles. The van der Waals surface area contributed by atoms with Gasteiger partial charge in [0.1, 0.15) is 0 Å². The summed E-state index contributed by atoms with van der Waals surface area (Å²) in [6.07, 6.45) is 0.680. The van der Waals surface area contributed by atoms with Crippen LogP contribution in [0.2, 0.25) is 0 Å². The van der Waals surface area contributed by atoms with Crippen molar-refractivity contribution >= 4 is 9.84 Å². The van der Waals surface area contributed by atoms with E-state index in [2.05, 4.69) is 13.2 Å². The van der Waals surface area contributed by atoms with Crippen LogP contribution in [0.5, 0.6) is 0 Å². The smallest absolute Gasteiger partial charge is 0.157 e. The van der Waals surface area contributed by atoms with Gasteiger partial charge in [0.15, 0.2) is 9.84 Å². The van der Waals surface area contributed by atoms with Crippen molar-refractivity contribution in [3.05, 3.63) is 24.3 Å². The van der Waals surface area contributed by atoms with Crippen LogP contribution in [0.25, 0.3) is 0 Å². The van der Waals surface area contributed by atoms with E-state index in [0.717, 1.165) is 11.1 Å². The molecular weight excluding hydrogens is 148 g/mol. The summed E-state index contributed by atoms with van der Waals surface area (Å²) in [6, 6.07) is 0. The lowest BCUT2D eigenvalue weighted by Gasteiger charge is -2.15. The minimum Gasteiger partial charge on any atom is -0.228 e. The minimum absolute atomic E-state index is 0.145. The Kier molecular flexibility index (Phi) is 1.68. The predicted octanol–water partition coefficient (Wildman–Crippen LogP) is 0.917. The van der Waals surface area contributed by atoms with E-state index in [0.29, 0.717) is 6.42 Å². The monoisotopic (exact) mass is 158 g/mol. The van der Waals surface area contributed by atoms with Gasteiger partial charge >= 0.3 is 0 Å². The van der Waals surface area contributed by atoms with E-state index in [1.165, 1.54) is 0 Å². The van der Waals surface area contributed by atoms with Crippen LogP contribution in [-0.4, -0.2) is 19.9 Å². The molecule has 1 rings (SSSR count). The Bertz CT molecular complexity index is 250. The fourth-order valence-corrected chi connectivity index (χ4v) is 2.68. The van der Waals surface area contributed by atoms with Gasteiger partial charge in [-0.15, -0.1) is 0 Å². The van der Waals surface area contributed by atoms with E-state index in [1.807, 2.05) is 0 Å². The summed E-state index contributed by atoms with van der Waals surface area (Å²) in [7, 11) is -2.88. The molecule has 1 heterocycles. The Labute approximate surface area is 61.2 Å². The fraction of sp³-hybridized carbons (Fsp3) is 0.429. The summed E-state index contributed by atoms with van der Waals surface area (Å²) in [5.74, 6) is 0.290. The molecule has 1 saturated heterocycles. The zero-order valence-corrected chi connectivity index (χ0v) is 6.58. The van der Waals surface area contributed by atoms with Crippen molar-refractivity contribution in [1.29, 1.82) is 0 Å². The Morgan fingerprint density at radius 2 is 1.50 bits per heavy atom. The second kappa shape index (κ2) is 2.23. The third kappa shape index (κ3) is 1.70. The van der Waals surface area contributed by atoms with Crippen molar-refractivity contribution in [3.8, 4) is 0 Å². The number of hydrogen-bond acceptors (Lipinski definition) is 2. The summed E-state index contributed by atoms with van der Waals surface area (Å²) in [5.41, 5.74) is 1.52. The Morgan fingerprint density at radius 1 is 1.10 bits per heavy atom. The highest BCUT2D eigenvalue weighted by Gasteiger charge is 2.20.